The Morgan fingerprint density at radius 3 is 1.34 bits per heavy atom. The van der Waals surface area contributed by atoms with Crippen LogP contribution in [0.15, 0.2) is 48.5 Å². The molecular formula is C22H22N2O8. The molecule has 32 heavy (non-hydrogen) atoms. The monoisotopic (exact) mass is 442 g/mol. The van der Waals surface area contributed by atoms with Crippen molar-refractivity contribution in [3.63, 3.8) is 0 Å². The van der Waals surface area contributed by atoms with Gasteiger partial charge in [0.2, 0.25) is 5.91 Å². The molecule has 0 bridgehead atoms. The van der Waals surface area contributed by atoms with E-state index in [4.69, 9.17) is 22.5 Å². The minimum Gasteiger partial charge on any atom is -0.481 e. The number of Topliss-reactive ketones (excluding diaryl/α,β-unsaturated/α-hetero) is 2. The Balaban J connectivity index is 0.000000584. The van der Waals surface area contributed by atoms with Crippen molar-refractivity contribution in [1.29, 1.82) is 0 Å². The van der Waals surface area contributed by atoms with Gasteiger partial charge < -0.3 is 21.4 Å². The van der Waals surface area contributed by atoms with Gasteiger partial charge in [-0.3, -0.25) is 24.0 Å². The molecule has 1 amide bonds. The van der Waals surface area contributed by atoms with E-state index < -0.39 is 17.8 Å². The average molecular weight is 442 g/mol. The molecule has 6 N–H and O–H groups in total. The molecule has 2 aromatic rings. The number of hydrogen-bond donors (Lipinski definition) is 3. The lowest BCUT2D eigenvalue weighted by Crippen LogP contribution is -2.11. The summed E-state index contributed by atoms with van der Waals surface area (Å²) in [6.07, 6.45) is -0.419. The number of hydrogen-bond acceptors (Lipinski definition) is 5. The van der Waals surface area contributed by atoms with Crippen molar-refractivity contribution in [3.8, 4) is 0 Å². The highest BCUT2D eigenvalue weighted by Crippen LogP contribution is 2.14. The van der Waals surface area contributed by atoms with Gasteiger partial charge >= 0.3 is 11.9 Å². The number of ketones is 2. The predicted molar refractivity (Wildman–Crippen MR) is 114 cm³/mol. The van der Waals surface area contributed by atoms with Gasteiger partial charge in [-0.1, -0.05) is 36.4 Å². The van der Waals surface area contributed by atoms with Crippen LogP contribution in [-0.2, 0) is 9.59 Å². The van der Waals surface area contributed by atoms with Crippen LogP contribution in [-0.4, -0.2) is 45.1 Å². The molecule has 0 atom stereocenters. The van der Waals surface area contributed by atoms with Crippen LogP contribution in [0, 0.1) is 6.57 Å². The first-order chi connectivity index (χ1) is 14.6. The van der Waals surface area contributed by atoms with Gasteiger partial charge in [0.15, 0.2) is 17.3 Å². The molecular weight excluding hydrogens is 420 g/mol. The van der Waals surface area contributed by atoms with Gasteiger partial charge in [0.25, 0.3) is 0 Å². The number of nitrogens with two attached hydrogens (primary N) is 1. The summed E-state index contributed by atoms with van der Waals surface area (Å²) in [7, 11) is 0. The standard InChI is InChI=1S/C11H11NO4.C11H9NO3.H2O/c12-11(16)8-3-1-7(2-4-8)9(13)5-6-10(14)15;1-12-9-4-2-8(3-5-9)10(13)6-7-11(14)15;/h1-4H,5-6H2,(H2,12,16)(H,14,15);2-5H,6-7H2,(H,14,15);1H2. The van der Waals surface area contributed by atoms with Crippen LogP contribution in [0.4, 0.5) is 5.69 Å². The smallest absolute Gasteiger partial charge is 0.303 e. The Labute approximate surface area is 183 Å². The molecule has 0 saturated carbocycles. The van der Waals surface area contributed by atoms with E-state index in [0.29, 0.717) is 22.4 Å². The van der Waals surface area contributed by atoms with Crippen LogP contribution in [0.3, 0.4) is 0 Å². The minimum atomic E-state index is -1.01. The summed E-state index contributed by atoms with van der Waals surface area (Å²) in [6, 6.07) is 12.0. The van der Waals surface area contributed by atoms with Crippen LogP contribution in [0.2, 0.25) is 0 Å². The van der Waals surface area contributed by atoms with Gasteiger partial charge in [-0.2, -0.15) is 0 Å². The highest BCUT2D eigenvalue weighted by molar-refractivity contribution is 5.99. The number of benzene rings is 2. The summed E-state index contributed by atoms with van der Waals surface area (Å²) < 4.78 is 0. The molecule has 2 aromatic carbocycles. The van der Waals surface area contributed by atoms with Crippen molar-refractivity contribution in [2.75, 3.05) is 0 Å². The first-order valence-corrected chi connectivity index (χ1v) is 9.01. The minimum absolute atomic E-state index is 0. The fourth-order valence-electron chi connectivity index (χ4n) is 2.27. The molecule has 0 radical (unpaired) electrons. The first kappa shape index (κ1) is 27.6. The van der Waals surface area contributed by atoms with Crippen LogP contribution < -0.4 is 5.73 Å². The molecule has 168 valence electrons. The van der Waals surface area contributed by atoms with Crippen molar-refractivity contribution in [3.05, 3.63) is 76.6 Å². The summed E-state index contributed by atoms with van der Waals surface area (Å²) in [5.41, 5.74) is 6.64. The van der Waals surface area contributed by atoms with E-state index in [1.54, 1.807) is 12.1 Å². The molecule has 0 aromatic heterocycles. The van der Waals surface area contributed by atoms with Gasteiger partial charge in [0.05, 0.1) is 19.4 Å². The zero-order valence-corrected chi connectivity index (χ0v) is 16.9. The van der Waals surface area contributed by atoms with Crippen LogP contribution in [0.1, 0.15) is 56.8 Å². The number of aliphatic carboxylic acids is 2. The fourth-order valence-corrected chi connectivity index (χ4v) is 2.27. The number of primary amides is 1. The Kier molecular flexibility index (Phi) is 11.9. The van der Waals surface area contributed by atoms with Gasteiger partial charge in [-0.25, -0.2) is 4.85 Å². The number of nitrogens with zero attached hydrogens (tertiary/aromatic N) is 1. The zero-order valence-electron chi connectivity index (χ0n) is 16.9. The fraction of sp³-hybridized carbons (Fsp3) is 0.182. The summed E-state index contributed by atoms with van der Waals surface area (Å²) in [4.78, 5) is 57.3. The van der Waals surface area contributed by atoms with E-state index in [1.165, 1.54) is 36.4 Å². The maximum atomic E-state index is 11.5. The molecule has 0 spiro atoms. The third kappa shape index (κ3) is 9.91. The first-order valence-electron chi connectivity index (χ1n) is 9.01. The number of carbonyl (C=O) groups excluding carboxylic acids is 3. The van der Waals surface area contributed by atoms with E-state index in [-0.39, 0.29) is 42.7 Å². The number of carboxylic acids is 2. The number of carboxylic acid groups (broad SMARTS) is 2. The molecule has 10 nitrogen and oxygen atoms in total. The molecule has 10 heteroatoms. The Morgan fingerprint density at radius 2 is 1.03 bits per heavy atom. The number of carbonyl (C=O) groups is 5. The zero-order chi connectivity index (χ0) is 23.4. The van der Waals surface area contributed by atoms with E-state index in [0.717, 1.165) is 0 Å². The molecule has 0 fully saturated rings. The SMILES string of the molecule is NC(=O)c1ccc(C(=O)CCC(=O)O)cc1.O.[C-]#[N+]c1ccc(C(=O)CCC(=O)O)cc1. The normalized spacial score (nSPS) is 9.22. The quantitative estimate of drug-likeness (QED) is 0.392. The molecule has 0 aliphatic heterocycles. The Hall–Kier alpha value is -4.36. The largest absolute Gasteiger partial charge is 0.481 e. The highest BCUT2D eigenvalue weighted by Gasteiger charge is 2.09. The lowest BCUT2D eigenvalue weighted by atomic mass is 10.0. The summed E-state index contributed by atoms with van der Waals surface area (Å²) in [6.45, 7) is 6.72. The third-order valence-electron chi connectivity index (χ3n) is 3.94. The second-order valence-electron chi connectivity index (χ2n) is 6.23. The van der Waals surface area contributed by atoms with Gasteiger partial charge in [-0.05, 0) is 12.1 Å². The van der Waals surface area contributed by atoms with Crippen LogP contribution in [0.25, 0.3) is 4.85 Å². The van der Waals surface area contributed by atoms with Crippen molar-refractivity contribution in [2.24, 2.45) is 5.73 Å². The lowest BCUT2D eigenvalue weighted by molar-refractivity contribution is -0.137. The maximum Gasteiger partial charge on any atom is 0.303 e. The Morgan fingerprint density at radius 1 is 0.688 bits per heavy atom. The topological polar surface area (TPSA) is 188 Å². The van der Waals surface area contributed by atoms with Gasteiger partial charge in [0, 0.05) is 29.5 Å². The van der Waals surface area contributed by atoms with Gasteiger partial charge in [-0.15, -0.1) is 0 Å². The third-order valence-corrected chi connectivity index (χ3v) is 3.94. The molecule has 0 aliphatic rings. The van der Waals surface area contributed by atoms with Crippen molar-refractivity contribution >= 4 is 35.1 Å². The maximum absolute atomic E-state index is 11.5. The number of rotatable bonds is 9. The average Bonchev–Trinajstić information content (AvgIpc) is 2.76. The van der Waals surface area contributed by atoms with E-state index in [2.05, 4.69) is 4.85 Å². The van der Waals surface area contributed by atoms with Crippen LogP contribution >= 0.6 is 0 Å². The van der Waals surface area contributed by atoms with Crippen molar-refractivity contribution < 1.29 is 39.7 Å². The summed E-state index contributed by atoms with van der Waals surface area (Å²) in [5, 5.41) is 16.8. The summed E-state index contributed by atoms with van der Waals surface area (Å²) >= 11 is 0. The molecule has 0 aliphatic carbocycles. The van der Waals surface area contributed by atoms with Crippen LogP contribution in [0.5, 0.6) is 0 Å². The van der Waals surface area contributed by atoms with Crippen molar-refractivity contribution in [2.45, 2.75) is 25.7 Å². The highest BCUT2D eigenvalue weighted by atomic mass is 16.4. The Bertz CT molecular complexity index is 1010. The number of amides is 1. The second kappa shape index (κ2) is 13.8. The molecule has 0 unspecified atom stereocenters. The predicted octanol–water partition coefficient (Wildman–Crippen LogP) is 2.29. The van der Waals surface area contributed by atoms with E-state index in [9.17, 15) is 24.0 Å². The second-order valence-corrected chi connectivity index (χ2v) is 6.23. The van der Waals surface area contributed by atoms with Crippen molar-refractivity contribution in [1.82, 2.24) is 0 Å². The molecule has 2 rings (SSSR count). The lowest BCUT2D eigenvalue weighted by Gasteiger charge is -2.00. The van der Waals surface area contributed by atoms with Gasteiger partial charge in [0.1, 0.15) is 0 Å². The summed E-state index contributed by atoms with van der Waals surface area (Å²) in [5.74, 6) is -3.04. The van der Waals surface area contributed by atoms with E-state index in [1.807, 2.05) is 0 Å². The van der Waals surface area contributed by atoms with E-state index >= 15 is 0 Å². The molecule has 0 saturated heterocycles. The molecule has 0 heterocycles.